The number of nitrogens with one attached hydrogen (secondary N) is 1. The Hall–Kier alpha value is -2.79. The number of benzene rings is 2. The van der Waals surface area contributed by atoms with Crippen molar-refractivity contribution in [2.45, 2.75) is 31.2 Å². The molecule has 146 valence electrons. The number of H-pyrrole nitrogens is 1. The summed E-state index contributed by atoms with van der Waals surface area (Å²) in [4.78, 5) is 18.4. The Morgan fingerprint density at radius 2 is 2.11 bits per heavy atom. The van der Waals surface area contributed by atoms with Gasteiger partial charge in [0, 0.05) is 30.2 Å². The Morgan fingerprint density at radius 3 is 2.93 bits per heavy atom. The van der Waals surface area contributed by atoms with E-state index >= 15 is 0 Å². The number of nitrogens with zero attached hydrogens (tertiary/aromatic N) is 1. The maximum atomic E-state index is 13.0. The Morgan fingerprint density at radius 1 is 1.25 bits per heavy atom. The van der Waals surface area contributed by atoms with Crippen molar-refractivity contribution in [1.82, 2.24) is 9.88 Å². The van der Waals surface area contributed by atoms with Crippen LogP contribution in [-0.2, 0) is 11.2 Å². The quantitative estimate of drug-likeness (QED) is 0.715. The van der Waals surface area contributed by atoms with Crippen LogP contribution in [0.1, 0.15) is 30.0 Å². The van der Waals surface area contributed by atoms with Crippen LogP contribution in [0.2, 0.25) is 0 Å². The Labute approximate surface area is 165 Å². The second-order valence-corrected chi connectivity index (χ2v) is 7.60. The molecule has 0 saturated carbocycles. The second kappa shape index (κ2) is 8.07. The van der Waals surface area contributed by atoms with Crippen LogP contribution in [0, 0.1) is 0 Å². The number of carbonyl (C=O) groups excluding carboxylic acids is 1. The van der Waals surface area contributed by atoms with E-state index in [1.54, 1.807) is 7.11 Å². The lowest BCUT2D eigenvalue weighted by Crippen LogP contribution is -2.48. The highest BCUT2D eigenvalue weighted by Crippen LogP contribution is 2.29. The molecule has 0 bridgehead atoms. The zero-order valence-electron chi connectivity index (χ0n) is 16.2. The van der Waals surface area contributed by atoms with E-state index < -0.39 is 6.04 Å². The first-order chi connectivity index (χ1) is 13.6. The molecule has 2 unspecified atom stereocenters. The number of amides is 1. The molecule has 1 amide bonds. The summed E-state index contributed by atoms with van der Waals surface area (Å²) in [7, 11) is 1.64. The monoisotopic (exact) mass is 377 g/mol. The molecule has 1 aromatic heterocycles. The van der Waals surface area contributed by atoms with Gasteiger partial charge in [0.15, 0.2) is 0 Å². The third-order valence-electron chi connectivity index (χ3n) is 5.63. The number of aromatic nitrogens is 1. The fourth-order valence-corrected chi connectivity index (χ4v) is 4.12. The molecule has 0 aliphatic carbocycles. The number of aromatic amines is 1. The molecule has 3 N–H and O–H groups in total. The van der Waals surface area contributed by atoms with E-state index in [9.17, 15) is 4.79 Å². The number of carbonyl (C=O) groups is 1. The summed E-state index contributed by atoms with van der Waals surface area (Å²) in [5, 5.41) is 1.22. The number of likely N-dealkylation sites (tertiary alicyclic amines) is 1. The number of methoxy groups -OCH3 is 1. The van der Waals surface area contributed by atoms with Gasteiger partial charge in [0.25, 0.3) is 0 Å². The first-order valence-electron chi connectivity index (χ1n) is 9.89. The van der Waals surface area contributed by atoms with Crippen molar-refractivity contribution >= 4 is 16.8 Å². The van der Waals surface area contributed by atoms with Crippen LogP contribution in [0.25, 0.3) is 10.9 Å². The highest BCUT2D eigenvalue weighted by Gasteiger charge is 2.28. The molecule has 3 aromatic rings. The third kappa shape index (κ3) is 3.90. The summed E-state index contributed by atoms with van der Waals surface area (Å²) in [5.74, 6) is 1.15. The van der Waals surface area contributed by atoms with E-state index in [1.807, 2.05) is 41.3 Å². The Kier molecular flexibility index (Phi) is 5.35. The van der Waals surface area contributed by atoms with Crippen molar-refractivity contribution in [1.29, 1.82) is 0 Å². The highest BCUT2D eigenvalue weighted by molar-refractivity contribution is 5.82. The Bertz CT molecular complexity index is 932. The topological polar surface area (TPSA) is 71.3 Å². The van der Waals surface area contributed by atoms with Crippen LogP contribution in [0.3, 0.4) is 0 Å². The zero-order valence-corrected chi connectivity index (χ0v) is 16.2. The molecule has 1 aliphatic rings. The predicted octanol–water partition coefficient (Wildman–Crippen LogP) is 3.45. The van der Waals surface area contributed by atoms with Crippen LogP contribution >= 0.6 is 0 Å². The van der Waals surface area contributed by atoms with Crippen molar-refractivity contribution in [3.05, 3.63) is 65.9 Å². The number of hydrogen-bond donors (Lipinski definition) is 2. The van der Waals surface area contributed by atoms with Gasteiger partial charge in [-0.3, -0.25) is 4.79 Å². The molecule has 0 spiro atoms. The Balaban J connectivity index is 1.43. The number of ether oxygens (including phenoxy) is 1. The molecule has 1 fully saturated rings. The minimum Gasteiger partial charge on any atom is -0.497 e. The fraction of sp³-hybridized carbons (Fsp3) is 0.348. The van der Waals surface area contributed by atoms with Crippen molar-refractivity contribution < 1.29 is 9.53 Å². The molecular formula is C23H27N3O2. The first-order valence-corrected chi connectivity index (χ1v) is 9.89. The molecule has 5 heteroatoms. The van der Waals surface area contributed by atoms with Gasteiger partial charge in [-0.25, -0.2) is 0 Å². The van der Waals surface area contributed by atoms with Gasteiger partial charge in [-0.15, -0.1) is 0 Å². The van der Waals surface area contributed by atoms with Crippen LogP contribution in [0.4, 0.5) is 0 Å². The summed E-state index contributed by atoms with van der Waals surface area (Å²) in [6.45, 7) is 1.50. The lowest BCUT2D eigenvalue weighted by Gasteiger charge is -2.34. The molecule has 28 heavy (non-hydrogen) atoms. The largest absolute Gasteiger partial charge is 0.497 e. The summed E-state index contributed by atoms with van der Waals surface area (Å²) < 4.78 is 5.26. The van der Waals surface area contributed by atoms with Crippen LogP contribution in [0.5, 0.6) is 5.75 Å². The number of nitrogens with two attached hydrogens (primary N) is 1. The standard InChI is InChI=1S/C23H27N3O2/c1-28-19-9-4-6-16(12-19)13-20(24)23(27)26-11-5-8-18(15-26)22-14-17-7-2-3-10-21(17)25-22/h2-4,6-7,9-10,12,14,18,20,25H,5,8,11,13,15,24H2,1H3. The van der Waals surface area contributed by atoms with E-state index in [1.165, 1.54) is 11.1 Å². The molecule has 2 atom stereocenters. The molecule has 2 heterocycles. The first kappa shape index (κ1) is 18.6. The van der Waals surface area contributed by atoms with Crippen molar-refractivity contribution in [3.8, 4) is 5.75 Å². The molecule has 5 nitrogen and oxygen atoms in total. The number of hydrogen-bond acceptors (Lipinski definition) is 3. The lowest BCUT2D eigenvalue weighted by molar-refractivity contribution is -0.133. The van der Waals surface area contributed by atoms with Gasteiger partial charge < -0.3 is 20.4 Å². The molecule has 2 aromatic carbocycles. The molecule has 0 radical (unpaired) electrons. The number of piperidine rings is 1. The minimum absolute atomic E-state index is 0.0311. The van der Waals surface area contributed by atoms with E-state index in [0.29, 0.717) is 12.3 Å². The number of rotatable bonds is 5. The minimum atomic E-state index is -0.534. The summed E-state index contributed by atoms with van der Waals surface area (Å²) >= 11 is 0. The van der Waals surface area contributed by atoms with Crippen molar-refractivity contribution in [2.75, 3.05) is 20.2 Å². The van der Waals surface area contributed by atoms with E-state index in [2.05, 4.69) is 23.2 Å². The van der Waals surface area contributed by atoms with Gasteiger partial charge in [0.2, 0.25) is 5.91 Å². The SMILES string of the molecule is COc1cccc(CC(N)C(=O)N2CCCC(c3cc4ccccc4[nH]3)C2)c1. The number of para-hydroxylation sites is 1. The molecular weight excluding hydrogens is 350 g/mol. The van der Waals surface area contributed by atoms with E-state index in [4.69, 9.17) is 10.5 Å². The van der Waals surface area contributed by atoms with Gasteiger partial charge >= 0.3 is 0 Å². The van der Waals surface area contributed by atoms with Gasteiger partial charge in [-0.2, -0.15) is 0 Å². The predicted molar refractivity (Wildman–Crippen MR) is 112 cm³/mol. The van der Waals surface area contributed by atoms with E-state index in [0.717, 1.165) is 42.8 Å². The summed E-state index contributed by atoms with van der Waals surface area (Å²) in [6.07, 6.45) is 2.60. The lowest BCUT2D eigenvalue weighted by atomic mass is 9.94. The third-order valence-corrected chi connectivity index (χ3v) is 5.63. The van der Waals surface area contributed by atoms with Gasteiger partial charge in [0.05, 0.1) is 13.2 Å². The van der Waals surface area contributed by atoms with Crippen molar-refractivity contribution in [3.63, 3.8) is 0 Å². The van der Waals surface area contributed by atoms with Crippen LogP contribution in [-0.4, -0.2) is 42.0 Å². The van der Waals surface area contributed by atoms with Crippen LogP contribution in [0.15, 0.2) is 54.6 Å². The van der Waals surface area contributed by atoms with Gasteiger partial charge in [-0.05, 0) is 54.5 Å². The average molecular weight is 377 g/mol. The molecule has 1 aliphatic heterocycles. The summed E-state index contributed by atoms with van der Waals surface area (Å²) in [6, 6.07) is 17.7. The molecule has 4 rings (SSSR count). The highest BCUT2D eigenvalue weighted by atomic mass is 16.5. The average Bonchev–Trinajstić information content (AvgIpc) is 3.18. The normalized spacial score (nSPS) is 18.2. The van der Waals surface area contributed by atoms with Gasteiger partial charge in [0.1, 0.15) is 5.75 Å². The smallest absolute Gasteiger partial charge is 0.239 e. The molecule has 1 saturated heterocycles. The maximum absolute atomic E-state index is 13.0. The zero-order chi connectivity index (χ0) is 19.5. The number of fused-ring (bicyclic) bond motifs is 1. The fourth-order valence-electron chi connectivity index (χ4n) is 4.12. The maximum Gasteiger partial charge on any atom is 0.239 e. The second-order valence-electron chi connectivity index (χ2n) is 7.60. The van der Waals surface area contributed by atoms with Crippen molar-refractivity contribution in [2.24, 2.45) is 5.73 Å². The van der Waals surface area contributed by atoms with Crippen LogP contribution < -0.4 is 10.5 Å². The summed E-state index contributed by atoms with van der Waals surface area (Å²) in [5.41, 5.74) is 9.65. The van der Waals surface area contributed by atoms with Gasteiger partial charge in [-0.1, -0.05) is 30.3 Å². The van der Waals surface area contributed by atoms with E-state index in [-0.39, 0.29) is 5.91 Å².